The molecule has 3 heterocycles. The smallest absolute Gasteiger partial charge is 0.263 e. The van der Waals surface area contributed by atoms with Gasteiger partial charge in [-0.1, -0.05) is 36.8 Å². The van der Waals surface area contributed by atoms with E-state index in [0.717, 1.165) is 27.7 Å². The molecule has 2 aliphatic heterocycles. The number of piperidine rings is 2. The highest BCUT2D eigenvalue weighted by Crippen LogP contribution is 2.31. The summed E-state index contributed by atoms with van der Waals surface area (Å²) in [6.45, 7) is 5.22. The van der Waals surface area contributed by atoms with Crippen molar-refractivity contribution in [2.45, 2.75) is 45.1 Å². The van der Waals surface area contributed by atoms with Crippen molar-refractivity contribution in [2.75, 3.05) is 19.6 Å². The van der Waals surface area contributed by atoms with E-state index in [1.165, 1.54) is 56.5 Å². The van der Waals surface area contributed by atoms with E-state index in [1.807, 2.05) is 37.3 Å². The Morgan fingerprint density at radius 2 is 2.00 bits per heavy atom. The van der Waals surface area contributed by atoms with Crippen LogP contribution >= 0.6 is 11.3 Å². The molecule has 4 nitrogen and oxygen atoms in total. The van der Waals surface area contributed by atoms with Crippen LogP contribution in [-0.2, 0) is 0 Å². The average Bonchev–Trinajstić information content (AvgIpc) is 3.08. The molecule has 2 saturated heterocycles. The Morgan fingerprint density at radius 1 is 1.19 bits per heavy atom. The first-order valence-electron chi connectivity index (χ1n) is 9.77. The molecule has 1 aromatic carbocycles. The predicted octanol–water partition coefficient (Wildman–Crippen LogP) is 4.11. The normalized spacial score (nSPS) is 23.4. The monoisotopic (exact) mass is 369 g/mol. The first kappa shape index (κ1) is 17.7. The Morgan fingerprint density at radius 3 is 2.85 bits per heavy atom. The van der Waals surface area contributed by atoms with Gasteiger partial charge in [0.05, 0.1) is 10.7 Å². The largest absolute Gasteiger partial charge is 0.351 e. The molecule has 2 fully saturated rings. The molecule has 2 atom stereocenters. The zero-order chi connectivity index (χ0) is 17.9. The van der Waals surface area contributed by atoms with Gasteiger partial charge < -0.3 is 10.2 Å². The Balaban J connectivity index is 1.46. The summed E-state index contributed by atoms with van der Waals surface area (Å²) in [5.74, 6) is 0.615. The molecule has 0 spiro atoms. The number of aryl methyl sites for hydroxylation is 1. The maximum Gasteiger partial charge on any atom is 0.263 e. The van der Waals surface area contributed by atoms with Crippen LogP contribution in [0.5, 0.6) is 0 Å². The van der Waals surface area contributed by atoms with Crippen LogP contribution in [0.2, 0.25) is 0 Å². The second kappa shape index (κ2) is 7.89. The number of rotatable bonds is 4. The maximum absolute atomic E-state index is 12.9. The van der Waals surface area contributed by atoms with Crippen LogP contribution in [0.1, 0.15) is 46.8 Å². The van der Waals surface area contributed by atoms with Gasteiger partial charge in [-0.15, -0.1) is 11.3 Å². The molecule has 0 bridgehead atoms. The SMILES string of the molecule is Cc1nc(-c2ccccc2)c(C(=O)NCC2CCCN3CCCCC23)s1. The van der Waals surface area contributed by atoms with Crippen LogP contribution in [0.25, 0.3) is 11.3 Å². The lowest BCUT2D eigenvalue weighted by Gasteiger charge is -2.44. The van der Waals surface area contributed by atoms with Crippen molar-refractivity contribution < 1.29 is 4.79 Å². The second-order valence-electron chi connectivity index (χ2n) is 7.49. The predicted molar refractivity (Wildman–Crippen MR) is 107 cm³/mol. The zero-order valence-electron chi connectivity index (χ0n) is 15.4. The Kier molecular flexibility index (Phi) is 5.36. The molecular formula is C21H27N3OS. The van der Waals surface area contributed by atoms with Gasteiger partial charge in [-0.2, -0.15) is 0 Å². The highest BCUT2D eigenvalue weighted by molar-refractivity contribution is 7.14. The summed E-state index contributed by atoms with van der Waals surface area (Å²) >= 11 is 1.49. The Labute approximate surface area is 159 Å². The minimum Gasteiger partial charge on any atom is -0.351 e. The lowest BCUT2D eigenvalue weighted by molar-refractivity contribution is 0.0576. The third kappa shape index (κ3) is 3.69. The molecule has 1 N–H and O–H groups in total. The molecule has 2 aliphatic rings. The third-order valence-corrected chi connectivity index (χ3v) is 6.71. The van der Waals surface area contributed by atoms with E-state index in [4.69, 9.17) is 0 Å². The average molecular weight is 370 g/mol. The van der Waals surface area contributed by atoms with Crippen molar-refractivity contribution in [3.05, 3.63) is 40.2 Å². The van der Waals surface area contributed by atoms with Gasteiger partial charge in [0.25, 0.3) is 5.91 Å². The van der Waals surface area contributed by atoms with Crippen LogP contribution in [0.3, 0.4) is 0 Å². The fraction of sp³-hybridized carbons (Fsp3) is 0.524. The summed E-state index contributed by atoms with van der Waals surface area (Å²) in [4.78, 5) is 20.9. The third-order valence-electron chi connectivity index (χ3n) is 5.74. The Hall–Kier alpha value is -1.72. The van der Waals surface area contributed by atoms with Gasteiger partial charge in [-0.3, -0.25) is 4.79 Å². The van der Waals surface area contributed by atoms with Crippen molar-refractivity contribution in [1.82, 2.24) is 15.2 Å². The maximum atomic E-state index is 12.9. The fourth-order valence-corrected chi connectivity index (χ4v) is 5.35. The Bertz CT molecular complexity index is 756. The van der Waals surface area contributed by atoms with E-state index in [2.05, 4.69) is 15.2 Å². The van der Waals surface area contributed by atoms with Crippen LogP contribution in [0.4, 0.5) is 0 Å². The summed E-state index contributed by atoms with van der Waals surface area (Å²) in [6, 6.07) is 10.7. The lowest BCUT2D eigenvalue weighted by Crippen LogP contribution is -2.50. The number of hydrogen-bond acceptors (Lipinski definition) is 4. The number of nitrogens with one attached hydrogen (secondary N) is 1. The summed E-state index contributed by atoms with van der Waals surface area (Å²) in [6.07, 6.45) is 6.43. The topological polar surface area (TPSA) is 45.2 Å². The van der Waals surface area contributed by atoms with Gasteiger partial charge >= 0.3 is 0 Å². The number of hydrogen-bond donors (Lipinski definition) is 1. The van der Waals surface area contributed by atoms with Gasteiger partial charge in [0.15, 0.2) is 0 Å². The molecule has 1 aromatic heterocycles. The molecule has 138 valence electrons. The fourth-order valence-electron chi connectivity index (χ4n) is 4.49. The first-order chi connectivity index (χ1) is 12.7. The van der Waals surface area contributed by atoms with Crippen LogP contribution < -0.4 is 5.32 Å². The van der Waals surface area contributed by atoms with Crippen molar-refractivity contribution in [3.8, 4) is 11.3 Å². The summed E-state index contributed by atoms with van der Waals surface area (Å²) in [7, 11) is 0. The number of fused-ring (bicyclic) bond motifs is 1. The zero-order valence-corrected chi connectivity index (χ0v) is 16.2. The second-order valence-corrected chi connectivity index (χ2v) is 8.69. The molecule has 0 aliphatic carbocycles. The van der Waals surface area contributed by atoms with E-state index < -0.39 is 0 Å². The summed E-state index contributed by atoms with van der Waals surface area (Å²) in [5.41, 5.74) is 1.83. The number of carbonyl (C=O) groups excluding carboxylic acids is 1. The lowest BCUT2D eigenvalue weighted by atomic mass is 9.83. The number of thiazole rings is 1. The van der Waals surface area contributed by atoms with Gasteiger partial charge in [-0.25, -0.2) is 4.98 Å². The number of benzene rings is 1. The molecular weight excluding hydrogens is 342 g/mol. The molecule has 1 amide bonds. The minimum absolute atomic E-state index is 0.0300. The summed E-state index contributed by atoms with van der Waals surface area (Å²) < 4.78 is 0. The minimum atomic E-state index is 0.0300. The van der Waals surface area contributed by atoms with E-state index in [9.17, 15) is 4.79 Å². The first-order valence-corrected chi connectivity index (χ1v) is 10.6. The number of nitrogens with zero attached hydrogens (tertiary/aromatic N) is 2. The van der Waals surface area contributed by atoms with E-state index in [0.29, 0.717) is 12.0 Å². The molecule has 0 saturated carbocycles. The van der Waals surface area contributed by atoms with Crippen LogP contribution in [0, 0.1) is 12.8 Å². The van der Waals surface area contributed by atoms with Gasteiger partial charge in [0, 0.05) is 18.2 Å². The standard InChI is InChI=1S/C21H27N3OS/c1-15-23-19(16-8-3-2-4-9-16)20(26-15)21(25)22-14-17-10-7-13-24-12-6-5-11-18(17)24/h2-4,8-9,17-18H,5-7,10-14H2,1H3,(H,22,25). The quantitative estimate of drug-likeness (QED) is 0.882. The number of aromatic nitrogens is 1. The van der Waals surface area contributed by atoms with Crippen molar-refractivity contribution >= 4 is 17.2 Å². The number of amides is 1. The van der Waals surface area contributed by atoms with Crippen molar-refractivity contribution in [3.63, 3.8) is 0 Å². The molecule has 2 unspecified atom stereocenters. The molecule has 4 rings (SSSR count). The molecule has 2 aromatic rings. The van der Waals surface area contributed by atoms with Gasteiger partial charge in [0.1, 0.15) is 4.88 Å². The summed E-state index contributed by atoms with van der Waals surface area (Å²) in [5, 5.41) is 4.17. The highest BCUT2D eigenvalue weighted by atomic mass is 32.1. The molecule has 5 heteroatoms. The van der Waals surface area contributed by atoms with Crippen molar-refractivity contribution in [2.24, 2.45) is 5.92 Å². The van der Waals surface area contributed by atoms with E-state index in [-0.39, 0.29) is 5.91 Å². The molecule has 26 heavy (non-hydrogen) atoms. The van der Waals surface area contributed by atoms with Crippen molar-refractivity contribution in [1.29, 1.82) is 0 Å². The van der Waals surface area contributed by atoms with Gasteiger partial charge in [-0.05, 0) is 51.6 Å². The van der Waals surface area contributed by atoms with Gasteiger partial charge in [0.2, 0.25) is 0 Å². The highest BCUT2D eigenvalue weighted by Gasteiger charge is 2.33. The van der Waals surface area contributed by atoms with Crippen LogP contribution in [-0.4, -0.2) is 41.5 Å². The van der Waals surface area contributed by atoms with E-state index >= 15 is 0 Å². The van der Waals surface area contributed by atoms with E-state index in [1.54, 1.807) is 0 Å². The van der Waals surface area contributed by atoms with Crippen LogP contribution in [0.15, 0.2) is 30.3 Å². The number of carbonyl (C=O) groups is 1. The molecule has 0 radical (unpaired) electrons.